The van der Waals surface area contributed by atoms with E-state index in [0.29, 0.717) is 16.3 Å². The summed E-state index contributed by atoms with van der Waals surface area (Å²) in [6, 6.07) is 11.4. The molecule has 2 rings (SSSR count). The van der Waals surface area contributed by atoms with Crippen molar-refractivity contribution in [2.45, 2.75) is 13.0 Å². The SMILES string of the molecule is COc1ccc(F)cc1CNC(=O)Cc1ccccc1Cl. The molecule has 0 spiro atoms. The van der Waals surface area contributed by atoms with Crippen molar-refractivity contribution in [3.05, 3.63) is 64.4 Å². The molecule has 5 heteroatoms. The van der Waals surface area contributed by atoms with E-state index in [9.17, 15) is 9.18 Å². The van der Waals surface area contributed by atoms with Gasteiger partial charge in [-0.15, -0.1) is 0 Å². The molecule has 0 fully saturated rings. The summed E-state index contributed by atoms with van der Waals surface area (Å²) in [6.45, 7) is 0.199. The summed E-state index contributed by atoms with van der Waals surface area (Å²) in [5.74, 6) is -0.0185. The number of rotatable bonds is 5. The second-order valence-corrected chi connectivity index (χ2v) is 4.91. The molecule has 0 aliphatic heterocycles. The van der Waals surface area contributed by atoms with Gasteiger partial charge in [-0.3, -0.25) is 4.79 Å². The van der Waals surface area contributed by atoms with Crippen LogP contribution in [0.4, 0.5) is 4.39 Å². The number of halogens is 2. The van der Waals surface area contributed by atoms with Crippen molar-refractivity contribution >= 4 is 17.5 Å². The van der Waals surface area contributed by atoms with Crippen LogP contribution in [0, 0.1) is 5.82 Å². The Hall–Kier alpha value is -2.07. The van der Waals surface area contributed by atoms with Crippen LogP contribution in [0.1, 0.15) is 11.1 Å². The molecule has 0 aliphatic rings. The van der Waals surface area contributed by atoms with Crippen LogP contribution in [-0.2, 0) is 17.8 Å². The van der Waals surface area contributed by atoms with Crippen molar-refractivity contribution in [2.75, 3.05) is 7.11 Å². The summed E-state index contributed by atoms with van der Waals surface area (Å²) in [7, 11) is 1.50. The topological polar surface area (TPSA) is 38.3 Å². The Balaban J connectivity index is 1.98. The molecule has 0 heterocycles. The van der Waals surface area contributed by atoms with Crippen molar-refractivity contribution in [2.24, 2.45) is 0 Å². The molecule has 110 valence electrons. The summed E-state index contributed by atoms with van der Waals surface area (Å²) in [6.07, 6.45) is 0.178. The van der Waals surface area contributed by atoms with Crippen LogP contribution in [0.2, 0.25) is 5.02 Å². The van der Waals surface area contributed by atoms with E-state index < -0.39 is 0 Å². The molecule has 0 saturated heterocycles. The first-order chi connectivity index (χ1) is 10.1. The molecule has 2 aromatic rings. The molecule has 0 radical (unpaired) electrons. The molecule has 0 bridgehead atoms. The summed E-state index contributed by atoms with van der Waals surface area (Å²) < 4.78 is 18.4. The number of amides is 1. The van der Waals surface area contributed by atoms with Gasteiger partial charge in [0.05, 0.1) is 13.5 Å². The lowest BCUT2D eigenvalue weighted by molar-refractivity contribution is -0.120. The van der Waals surface area contributed by atoms with Crippen LogP contribution < -0.4 is 10.1 Å². The molecular weight excluding hydrogens is 293 g/mol. The molecule has 21 heavy (non-hydrogen) atoms. The monoisotopic (exact) mass is 307 g/mol. The molecule has 3 nitrogen and oxygen atoms in total. The first kappa shape index (κ1) is 15.3. The highest BCUT2D eigenvalue weighted by Gasteiger charge is 2.09. The van der Waals surface area contributed by atoms with Crippen LogP contribution in [0.15, 0.2) is 42.5 Å². The smallest absolute Gasteiger partial charge is 0.224 e. The first-order valence-electron chi connectivity index (χ1n) is 6.42. The lowest BCUT2D eigenvalue weighted by Gasteiger charge is -2.10. The predicted molar refractivity (Wildman–Crippen MR) is 80.0 cm³/mol. The lowest BCUT2D eigenvalue weighted by Crippen LogP contribution is -2.25. The number of benzene rings is 2. The summed E-state index contributed by atoms with van der Waals surface area (Å²) in [5, 5.41) is 3.28. The normalized spacial score (nSPS) is 10.2. The van der Waals surface area contributed by atoms with Gasteiger partial charge >= 0.3 is 0 Å². The van der Waals surface area contributed by atoms with Gasteiger partial charge in [-0.05, 0) is 29.8 Å². The molecule has 0 saturated carbocycles. The zero-order valence-corrected chi connectivity index (χ0v) is 12.3. The highest BCUT2D eigenvalue weighted by molar-refractivity contribution is 6.31. The minimum Gasteiger partial charge on any atom is -0.496 e. The maximum Gasteiger partial charge on any atom is 0.224 e. The van der Waals surface area contributed by atoms with Gasteiger partial charge in [-0.25, -0.2) is 4.39 Å². The fraction of sp³-hybridized carbons (Fsp3) is 0.188. The average Bonchev–Trinajstić information content (AvgIpc) is 2.48. The van der Waals surface area contributed by atoms with E-state index in [1.165, 1.54) is 25.3 Å². The van der Waals surface area contributed by atoms with Gasteiger partial charge in [0.15, 0.2) is 0 Å². The van der Waals surface area contributed by atoms with Crippen LogP contribution >= 0.6 is 11.6 Å². The second kappa shape index (κ2) is 7.09. The highest BCUT2D eigenvalue weighted by atomic mass is 35.5. The number of ether oxygens (including phenoxy) is 1. The largest absolute Gasteiger partial charge is 0.496 e. The molecule has 0 aromatic heterocycles. The Kier molecular flexibility index (Phi) is 5.17. The fourth-order valence-electron chi connectivity index (χ4n) is 1.96. The Morgan fingerprint density at radius 3 is 2.71 bits per heavy atom. The number of carbonyl (C=O) groups is 1. The summed E-state index contributed by atoms with van der Waals surface area (Å²) in [4.78, 5) is 11.9. The molecule has 0 unspecified atom stereocenters. The molecule has 0 aliphatic carbocycles. The number of methoxy groups -OCH3 is 1. The third kappa shape index (κ3) is 4.20. The first-order valence-corrected chi connectivity index (χ1v) is 6.80. The molecule has 1 amide bonds. The van der Waals surface area contributed by atoms with E-state index in [1.54, 1.807) is 18.2 Å². The van der Waals surface area contributed by atoms with Gasteiger partial charge in [-0.1, -0.05) is 29.8 Å². The van der Waals surface area contributed by atoms with E-state index >= 15 is 0 Å². The van der Waals surface area contributed by atoms with Crippen LogP contribution in [-0.4, -0.2) is 13.0 Å². The standard InChI is InChI=1S/C16H15ClFNO2/c1-21-15-7-6-13(18)8-12(15)10-19-16(20)9-11-4-2-3-5-14(11)17/h2-8H,9-10H2,1H3,(H,19,20). The van der Waals surface area contributed by atoms with Crippen LogP contribution in [0.5, 0.6) is 5.75 Å². The Labute approximate surface area is 127 Å². The lowest BCUT2D eigenvalue weighted by atomic mass is 10.1. The van der Waals surface area contributed by atoms with E-state index in [1.807, 2.05) is 6.07 Å². The van der Waals surface area contributed by atoms with Crippen molar-refractivity contribution < 1.29 is 13.9 Å². The van der Waals surface area contributed by atoms with Crippen molar-refractivity contribution in [3.8, 4) is 5.75 Å². The number of nitrogens with one attached hydrogen (secondary N) is 1. The number of carbonyl (C=O) groups excluding carboxylic acids is 1. The Bertz CT molecular complexity index is 646. The van der Waals surface area contributed by atoms with Gasteiger partial charge in [0.2, 0.25) is 5.91 Å². The zero-order valence-electron chi connectivity index (χ0n) is 11.5. The molecule has 1 N–H and O–H groups in total. The third-order valence-corrected chi connectivity index (χ3v) is 3.40. The van der Waals surface area contributed by atoms with Crippen molar-refractivity contribution in [3.63, 3.8) is 0 Å². The predicted octanol–water partition coefficient (Wildman–Crippen LogP) is 3.35. The Morgan fingerprint density at radius 1 is 1.24 bits per heavy atom. The molecular formula is C16H15ClFNO2. The van der Waals surface area contributed by atoms with Crippen LogP contribution in [0.3, 0.4) is 0 Å². The quantitative estimate of drug-likeness (QED) is 0.920. The zero-order chi connectivity index (χ0) is 15.2. The van der Waals surface area contributed by atoms with E-state index in [4.69, 9.17) is 16.3 Å². The van der Waals surface area contributed by atoms with Crippen LogP contribution in [0.25, 0.3) is 0 Å². The van der Waals surface area contributed by atoms with E-state index in [-0.39, 0.29) is 24.7 Å². The maximum absolute atomic E-state index is 13.2. The fourth-order valence-corrected chi connectivity index (χ4v) is 2.16. The summed E-state index contributed by atoms with van der Waals surface area (Å²) >= 11 is 6.00. The van der Waals surface area contributed by atoms with Gasteiger partial charge in [0.25, 0.3) is 0 Å². The van der Waals surface area contributed by atoms with Crippen molar-refractivity contribution in [1.29, 1.82) is 0 Å². The van der Waals surface area contributed by atoms with Gasteiger partial charge in [0.1, 0.15) is 11.6 Å². The molecule has 2 aromatic carbocycles. The van der Waals surface area contributed by atoms with E-state index in [2.05, 4.69) is 5.32 Å². The highest BCUT2D eigenvalue weighted by Crippen LogP contribution is 2.19. The maximum atomic E-state index is 13.2. The minimum atomic E-state index is -0.369. The van der Waals surface area contributed by atoms with Gasteiger partial charge in [0, 0.05) is 17.1 Å². The van der Waals surface area contributed by atoms with E-state index in [0.717, 1.165) is 5.56 Å². The minimum absolute atomic E-state index is 0.178. The third-order valence-electron chi connectivity index (χ3n) is 3.03. The second-order valence-electron chi connectivity index (χ2n) is 4.50. The number of hydrogen-bond donors (Lipinski definition) is 1. The average molecular weight is 308 g/mol. The Morgan fingerprint density at radius 2 is 2.00 bits per heavy atom. The van der Waals surface area contributed by atoms with Gasteiger partial charge in [-0.2, -0.15) is 0 Å². The summed E-state index contributed by atoms with van der Waals surface area (Å²) in [5.41, 5.74) is 1.34. The van der Waals surface area contributed by atoms with Gasteiger partial charge < -0.3 is 10.1 Å². The molecule has 0 atom stereocenters. The number of hydrogen-bond acceptors (Lipinski definition) is 2. The van der Waals surface area contributed by atoms with Crippen molar-refractivity contribution in [1.82, 2.24) is 5.32 Å².